The van der Waals surface area contributed by atoms with E-state index in [-0.39, 0.29) is 11.0 Å². The maximum Gasteiger partial charge on any atom is 0.416 e. The van der Waals surface area contributed by atoms with E-state index >= 15 is 0 Å². The second-order valence-corrected chi connectivity index (χ2v) is 5.31. The van der Waals surface area contributed by atoms with Crippen LogP contribution in [0.15, 0.2) is 36.4 Å². The predicted molar refractivity (Wildman–Crippen MR) is 76.0 cm³/mol. The Kier molecular flexibility index (Phi) is 3.53. The van der Waals surface area contributed by atoms with Gasteiger partial charge < -0.3 is 4.90 Å². The number of hydrogen-bond acceptors (Lipinski definition) is 2. The molecule has 2 nitrogen and oxygen atoms in total. The molecular weight excluding hydrogens is 301 g/mol. The molecule has 0 unspecified atom stereocenters. The van der Waals surface area contributed by atoms with Gasteiger partial charge in [0.1, 0.15) is 11.0 Å². The molecule has 0 saturated heterocycles. The SMILES string of the molecule is FC(F)(F)c1cc(Cl)nc(N2CCCc3ccccc32)c1. The predicted octanol–water partition coefficient (Wildman–Crippen LogP) is 4.84. The number of hydrogen-bond donors (Lipinski definition) is 0. The first-order valence-electron chi connectivity index (χ1n) is 6.55. The van der Waals surface area contributed by atoms with Crippen molar-refractivity contribution >= 4 is 23.1 Å². The van der Waals surface area contributed by atoms with E-state index in [2.05, 4.69) is 4.98 Å². The molecule has 0 fully saturated rings. The number of pyridine rings is 1. The third kappa shape index (κ3) is 2.83. The van der Waals surface area contributed by atoms with E-state index in [1.54, 1.807) is 4.90 Å². The van der Waals surface area contributed by atoms with E-state index in [4.69, 9.17) is 11.6 Å². The lowest BCUT2D eigenvalue weighted by molar-refractivity contribution is -0.137. The first-order chi connectivity index (χ1) is 9.95. The molecule has 0 spiro atoms. The second-order valence-electron chi connectivity index (χ2n) is 4.92. The van der Waals surface area contributed by atoms with Crippen molar-refractivity contribution in [2.75, 3.05) is 11.4 Å². The first-order valence-corrected chi connectivity index (χ1v) is 6.93. The van der Waals surface area contributed by atoms with Crippen LogP contribution in [0.3, 0.4) is 0 Å². The maximum absolute atomic E-state index is 12.9. The maximum atomic E-state index is 12.9. The van der Waals surface area contributed by atoms with Gasteiger partial charge in [0.15, 0.2) is 0 Å². The van der Waals surface area contributed by atoms with Crippen molar-refractivity contribution in [1.29, 1.82) is 0 Å². The Balaban J connectivity index is 2.08. The standard InChI is InChI=1S/C15H12ClF3N2/c16-13-8-11(15(17,18)19)9-14(20-13)21-7-3-5-10-4-1-2-6-12(10)21/h1-2,4,6,8-9H,3,5,7H2. The van der Waals surface area contributed by atoms with Gasteiger partial charge in [-0.3, -0.25) is 0 Å². The molecule has 1 aliphatic rings. The summed E-state index contributed by atoms with van der Waals surface area (Å²) in [4.78, 5) is 5.85. The highest BCUT2D eigenvalue weighted by Crippen LogP contribution is 2.37. The highest BCUT2D eigenvalue weighted by Gasteiger charge is 2.32. The van der Waals surface area contributed by atoms with Crippen LogP contribution in [0.5, 0.6) is 0 Å². The number of aromatic nitrogens is 1. The molecule has 0 atom stereocenters. The van der Waals surface area contributed by atoms with E-state index in [1.165, 1.54) is 0 Å². The molecule has 3 rings (SSSR count). The van der Waals surface area contributed by atoms with Gasteiger partial charge in [0, 0.05) is 12.2 Å². The summed E-state index contributed by atoms with van der Waals surface area (Å²) in [6.07, 6.45) is -2.65. The highest BCUT2D eigenvalue weighted by molar-refractivity contribution is 6.29. The Morgan fingerprint density at radius 2 is 1.90 bits per heavy atom. The van der Waals surface area contributed by atoms with Crippen LogP contribution >= 0.6 is 11.6 Å². The molecule has 1 aromatic heterocycles. The molecule has 1 aliphatic heterocycles. The monoisotopic (exact) mass is 312 g/mol. The number of halogens is 4. The Morgan fingerprint density at radius 1 is 1.14 bits per heavy atom. The normalized spacial score (nSPS) is 15.0. The van der Waals surface area contributed by atoms with Crippen LogP contribution in [0.4, 0.5) is 24.7 Å². The van der Waals surface area contributed by atoms with Gasteiger partial charge in [0.2, 0.25) is 0 Å². The summed E-state index contributed by atoms with van der Waals surface area (Å²) in [5.74, 6) is 0.238. The van der Waals surface area contributed by atoms with Crippen LogP contribution in [-0.2, 0) is 12.6 Å². The summed E-state index contributed by atoms with van der Waals surface area (Å²) >= 11 is 5.76. The van der Waals surface area contributed by atoms with Crippen LogP contribution < -0.4 is 4.90 Å². The molecular formula is C15H12ClF3N2. The van der Waals surface area contributed by atoms with Crippen molar-refractivity contribution in [1.82, 2.24) is 4.98 Å². The van der Waals surface area contributed by atoms with Crippen molar-refractivity contribution < 1.29 is 13.2 Å². The molecule has 110 valence electrons. The van der Waals surface area contributed by atoms with E-state index in [9.17, 15) is 13.2 Å². The summed E-state index contributed by atoms with van der Waals surface area (Å²) in [5, 5.41) is -0.150. The van der Waals surface area contributed by atoms with Gasteiger partial charge in [-0.15, -0.1) is 0 Å². The summed E-state index contributed by atoms with van der Waals surface area (Å²) in [6.45, 7) is 0.627. The van der Waals surface area contributed by atoms with Gasteiger partial charge in [0.25, 0.3) is 0 Å². The van der Waals surface area contributed by atoms with Crippen LogP contribution in [0.1, 0.15) is 17.5 Å². The lowest BCUT2D eigenvalue weighted by Crippen LogP contribution is -2.25. The molecule has 2 heterocycles. The van der Waals surface area contributed by atoms with Crippen LogP contribution in [0, 0.1) is 0 Å². The third-order valence-corrected chi connectivity index (χ3v) is 3.69. The molecule has 0 N–H and O–H groups in total. The number of benzene rings is 1. The minimum Gasteiger partial charge on any atom is -0.326 e. The Bertz CT molecular complexity index is 670. The van der Waals surface area contributed by atoms with Crippen LogP contribution in [0.25, 0.3) is 0 Å². The molecule has 0 saturated carbocycles. The number of fused-ring (bicyclic) bond motifs is 1. The number of alkyl halides is 3. The molecule has 21 heavy (non-hydrogen) atoms. The zero-order valence-electron chi connectivity index (χ0n) is 11.0. The summed E-state index contributed by atoms with van der Waals surface area (Å²) < 4.78 is 38.7. The van der Waals surface area contributed by atoms with Crippen LogP contribution in [-0.4, -0.2) is 11.5 Å². The first kappa shape index (κ1) is 14.2. The van der Waals surface area contributed by atoms with Crippen molar-refractivity contribution in [3.05, 3.63) is 52.7 Å². The Hall–Kier alpha value is -1.75. The average molecular weight is 313 g/mol. The van der Waals surface area contributed by atoms with Crippen molar-refractivity contribution in [2.45, 2.75) is 19.0 Å². The van der Waals surface area contributed by atoms with Gasteiger partial charge >= 0.3 is 6.18 Å². The van der Waals surface area contributed by atoms with E-state index in [0.29, 0.717) is 6.54 Å². The molecule has 0 aliphatic carbocycles. The highest BCUT2D eigenvalue weighted by atomic mass is 35.5. The molecule has 2 aromatic rings. The lowest BCUT2D eigenvalue weighted by Gasteiger charge is -2.30. The van der Waals surface area contributed by atoms with Gasteiger partial charge in [-0.25, -0.2) is 4.98 Å². The van der Waals surface area contributed by atoms with Gasteiger partial charge in [-0.05, 0) is 36.6 Å². The number of para-hydroxylation sites is 1. The van der Waals surface area contributed by atoms with Gasteiger partial charge in [-0.1, -0.05) is 29.8 Å². The van der Waals surface area contributed by atoms with Crippen molar-refractivity contribution in [3.8, 4) is 0 Å². The molecule has 0 bridgehead atoms. The Morgan fingerprint density at radius 3 is 2.67 bits per heavy atom. The minimum absolute atomic E-state index is 0.150. The lowest BCUT2D eigenvalue weighted by atomic mass is 10.0. The third-order valence-electron chi connectivity index (χ3n) is 3.49. The molecule has 0 radical (unpaired) electrons. The van der Waals surface area contributed by atoms with Crippen molar-refractivity contribution in [3.63, 3.8) is 0 Å². The number of rotatable bonds is 1. The molecule has 0 amide bonds. The minimum atomic E-state index is -4.43. The molecule has 6 heteroatoms. The Labute approximate surface area is 125 Å². The smallest absolute Gasteiger partial charge is 0.326 e. The summed E-state index contributed by atoms with van der Waals surface area (Å²) in [7, 11) is 0. The fraction of sp³-hybridized carbons (Fsp3) is 0.267. The van der Waals surface area contributed by atoms with E-state index in [0.717, 1.165) is 36.2 Å². The second kappa shape index (κ2) is 5.22. The number of aryl methyl sites for hydroxylation is 1. The van der Waals surface area contributed by atoms with Gasteiger partial charge in [-0.2, -0.15) is 13.2 Å². The van der Waals surface area contributed by atoms with Crippen molar-refractivity contribution in [2.24, 2.45) is 0 Å². The average Bonchev–Trinajstić information content (AvgIpc) is 2.45. The topological polar surface area (TPSA) is 16.1 Å². The number of anilines is 2. The van der Waals surface area contributed by atoms with Crippen LogP contribution in [0.2, 0.25) is 5.15 Å². The van der Waals surface area contributed by atoms with E-state index < -0.39 is 11.7 Å². The zero-order valence-corrected chi connectivity index (χ0v) is 11.7. The summed E-state index contributed by atoms with van der Waals surface area (Å²) in [6, 6.07) is 9.57. The van der Waals surface area contributed by atoms with Gasteiger partial charge in [0.05, 0.1) is 5.56 Å². The number of nitrogens with zero attached hydrogens (tertiary/aromatic N) is 2. The fourth-order valence-electron chi connectivity index (χ4n) is 2.56. The largest absolute Gasteiger partial charge is 0.416 e. The quantitative estimate of drug-likeness (QED) is 0.701. The zero-order chi connectivity index (χ0) is 15.0. The van der Waals surface area contributed by atoms with E-state index in [1.807, 2.05) is 24.3 Å². The fourth-order valence-corrected chi connectivity index (χ4v) is 2.76. The summed E-state index contributed by atoms with van der Waals surface area (Å²) in [5.41, 5.74) is 1.23. The molecule has 1 aromatic carbocycles.